The van der Waals surface area contributed by atoms with Gasteiger partial charge in [0.25, 0.3) is 11.6 Å². The minimum absolute atomic E-state index is 0.0274. The third-order valence-corrected chi connectivity index (χ3v) is 7.12. The summed E-state index contributed by atoms with van der Waals surface area (Å²) < 4.78 is 7.20. The number of aryl methyl sites for hydroxylation is 2. The normalized spacial score (nSPS) is 13.6. The SMILES string of the molecule is CC(=Nn1c(-c2ccc3c(c2)NC(=O)CO3)csc1=Nc1cc(C)ccc1C)c1ccc(Cl)c([N+](=O)[O-])c1. The lowest BCUT2D eigenvalue weighted by Gasteiger charge is -2.18. The van der Waals surface area contributed by atoms with Gasteiger partial charge in [0.2, 0.25) is 4.80 Å². The van der Waals surface area contributed by atoms with Gasteiger partial charge in [-0.1, -0.05) is 29.8 Å². The van der Waals surface area contributed by atoms with Crippen LogP contribution in [0.25, 0.3) is 11.3 Å². The third kappa shape index (κ3) is 5.09. The molecule has 5 rings (SSSR count). The Morgan fingerprint density at radius 2 is 1.97 bits per heavy atom. The molecule has 11 heteroatoms. The van der Waals surface area contributed by atoms with E-state index in [2.05, 4.69) is 5.32 Å². The summed E-state index contributed by atoms with van der Waals surface area (Å²) in [5.74, 6) is 0.361. The van der Waals surface area contributed by atoms with Crippen LogP contribution in [-0.4, -0.2) is 27.8 Å². The summed E-state index contributed by atoms with van der Waals surface area (Å²) in [5, 5.41) is 21.1. The van der Waals surface area contributed by atoms with Gasteiger partial charge in [-0.05, 0) is 62.2 Å². The number of nitro benzene ring substituents is 1. The summed E-state index contributed by atoms with van der Waals surface area (Å²) >= 11 is 7.42. The number of benzene rings is 3. The summed E-state index contributed by atoms with van der Waals surface area (Å²) in [6.45, 7) is 5.74. The van der Waals surface area contributed by atoms with Crippen LogP contribution in [-0.2, 0) is 4.79 Å². The second kappa shape index (κ2) is 10.2. The first-order valence-electron chi connectivity index (χ1n) is 11.6. The lowest BCUT2D eigenvalue weighted by atomic mass is 10.1. The van der Waals surface area contributed by atoms with Crippen LogP contribution < -0.4 is 14.9 Å². The van der Waals surface area contributed by atoms with Crippen LogP contribution in [0.1, 0.15) is 23.6 Å². The molecule has 9 nitrogen and oxygen atoms in total. The van der Waals surface area contributed by atoms with Gasteiger partial charge in [-0.2, -0.15) is 5.10 Å². The molecule has 0 spiro atoms. The molecule has 1 amide bonds. The Hall–Kier alpha value is -4.28. The van der Waals surface area contributed by atoms with Gasteiger partial charge >= 0.3 is 0 Å². The van der Waals surface area contributed by atoms with E-state index in [0.29, 0.717) is 27.5 Å². The number of aromatic nitrogens is 1. The number of hydrogen-bond acceptors (Lipinski definition) is 7. The zero-order chi connectivity index (χ0) is 27.0. The maximum atomic E-state index is 11.9. The van der Waals surface area contributed by atoms with Crippen molar-refractivity contribution < 1.29 is 14.5 Å². The smallest absolute Gasteiger partial charge is 0.288 e. The van der Waals surface area contributed by atoms with Crippen molar-refractivity contribution in [3.8, 4) is 17.0 Å². The number of nitrogens with one attached hydrogen (secondary N) is 1. The molecule has 3 aromatic carbocycles. The van der Waals surface area contributed by atoms with Crippen LogP contribution in [0.2, 0.25) is 5.02 Å². The van der Waals surface area contributed by atoms with E-state index < -0.39 is 4.92 Å². The molecular weight excluding hydrogens is 526 g/mol. The van der Waals surface area contributed by atoms with E-state index in [9.17, 15) is 14.9 Å². The monoisotopic (exact) mass is 547 g/mol. The lowest BCUT2D eigenvalue weighted by Crippen LogP contribution is -2.25. The van der Waals surface area contributed by atoms with Crippen molar-refractivity contribution >= 4 is 51.6 Å². The Balaban J connectivity index is 1.69. The quantitative estimate of drug-likeness (QED) is 0.181. The van der Waals surface area contributed by atoms with Gasteiger partial charge in [0.15, 0.2) is 6.61 Å². The average molecular weight is 548 g/mol. The van der Waals surface area contributed by atoms with E-state index in [-0.39, 0.29) is 23.2 Å². The van der Waals surface area contributed by atoms with Gasteiger partial charge in [-0.25, -0.2) is 9.67 Å². The van der Waals surface area contributed by atoms with Crippen molar-refractivity contribution in [3.05, 3.63) is 96.6 Å². The van der Waals surface area contributed by atoms with Gasteiger partial charge < -0.3 is 10.1 Å². The van der Waals surface area contributed by atoms with Crippen molar-refractivity contribution in [2.75, 3.05) is 11.9 Å². The van der Waals surface area contributed by atoms with Crippen LogP contribution >= 0.6 is 22.9 Å². The molecule has 2 heterocycles. The van der Waals surface area contributed by atoms with Crippen molar-refractivity contribution in [1.29, 1.82) is 0 Å². The fourth-order valence-corrected chi connectivity index (χ4v) is 4.97. The van der Waals surface area contributed by atoms with Crippen molar-refractivity contribution in [2.24, 2.45) is 10.1 Å². The molecule has 0 bridgehead atoms. The lowest BCUT2D eigenvalue weighted by molar-refractivity contribution is -0.384. The number of ether oxygens (including phenoxy) is 1. The van der Waals surface area contributed by atoms with Crippen molar-refractivity contribution in [2.45, 2.75) is 20.8 Å². The first-order valence-corrected chi connectivity index (χ1v) is 12.8. The second-order valence-corrected chi connectivity index (χ2v) is 10.0. The predicted molar refractivity (Wildman–Crippen MR) is 149 cm³/mol. The predicted octanol–water partition coefficient (Wildman–Crippen LogP) is 6.23. The number of rotatable bonds is 5. The minimum atomic E-state index is -0.521. The maximum Gasteiger partial charge on any atom is 0.288 e. The summed E-state index contributed by atoms with van der Waals surface area (Å²) in [5.41, 5.74) is 5.87. The van der Waals surface area contributed by atoms with Gasteiger partial charge in [-0.15, -0.1) is 11.3 Å². The fourth-order valence-electron chi connectivity index (χ4n) is 3.94. The molecular formula is C27H22ClN5O4S. The third-order valence-electron chi connectivity index (χ3n) is 5.98. The van der Waals surface area contributed by atoms with Crippen LogP contribution in [0.5, 0.6) is 5.75 Å². The Bertz CT molecular complexity index is 1710. The van der Waals surface area contributed by atoms with Gasteiger partial charge in [0.1, 0.15) is 10.8 Å². The number of fused-ring (bicyclic) bond motifs is 1. The number of carbonyl (C=O) groups excluding carboxylic acids is 1. The molecule has 192 valence electrons. The largest absolute Gasteiger partial charge is 0.482 e. The molecule has 0 fully saturated rings. The van der Waals surface area contributed by atoms with Crippen LogP contribution in [0.4, 0.5) is 17.1 Å². The van der Waals surface area contributed by atoms with Crippen LogP contribution in [0.15, 0.2) is 70.1 Å². The number of carbonyl (C=O) groups is 1. The van der Waals surface area contributed by atoms with E-state index in [4.69, 9.17) is 26.4 Å². The molecule has 4 aromatic rings. The standard InChI is InChI=1S/C27H22ClN5O4S/c1-15-4-5-16(2)21(10-15)30-27-32(31-17(3)18-6-8-20(28)23(12-18)33(35)36)24(14-38-27)19-7-9-25-22(11-19)29-26(34)13-37-25/h4-12,14H,13H2,1-3H3,(H,29,34). The highest BCUT2D eigenvalue weighted by Gasteiger charge is 2.19. The minimum Gasteiger partial charge on any atom is -0.482 e. The first kappa shape index (κ1) is 25.4. The molecule has 1 aromatic heterocycles. The summed E-state index contributed by atoms with van der Waals surface area (Å²) in [6.07, 6.45) is 0. The number of nitrogens with zero attached hydrogens (tertiary/aromatic N) is 4. The molecule has 0 saturated carbocycles. The summed E-state index contributed by atoms with van der Waals surface area (Å²) in [4.78, 5) is 28.3. The Morgan fingerprint density at radius 3 is 2.76 bits per heavy atom. The maximum absolute atomic E-state index is 11.9. The summed E-state index contributed by atoms with van der Waals surface area (Å²) in [6, 6.07) is 16.1. The summed E-state index contributed by atoms with van der Waals surface area (Å²) in [7, 11) is 0. The zero-order valence-electron chi connectivity index (χ0n) is 20.7. The number of amides is 1. The van der Waals surface area contributed by atoms with Gasteiger partial charge in [0, 0.05) is 22.6 Å². The van der Waals surface area contributed by atoms with Gasteiger partial charge in [0.05, 0.1) is 27.7 Å². The first-order chi connectivity index (χ1) is 18.2. The van der Waals surface area contributed by atoms with E-state index in [1.165, 1.54) is 23.5 Å². The number of thiazole rings is 1. The fraction of sp³-hybridized carbons (Fsp3) is 0.148. The Labute approximate surface area is 226 Å². The van der Waals surface area contributed by atoms with E-state index in [1.807, 2.05) is 49.6 Å². The molecule has 1 N–H and O–H groups in total. The number of nitro groups is 1. The topological polar surface area (TPSA) is 111 Å². The Kier molecular flexibility index (Phi) is 6.83. The highest BCUT2D eigenvalue weighted by atomic mass is 35.5. The van der Waals surface area contributed by atoms with Crippen LogP contribution in [0, 0.1) is 24.0 Å². The molecule has 0 unspecified atom stereocenters. The van der Waals surface area contributed by atoms with E-state index >= 15 is 0 Å². The highest BCUT2D eigenvalue weighted by molar-refractivity contribution is 7.07. The molecule has 38 heavy (non-hydrogen) atoms. The van der Waals surface area contributed by atoms with Crippen molar-refractivity contribution in [1.82, 2.24) is 4.68 Å². The molecule has 1 aliphatic heterocycles. The van der Waals surface area contributed by atoms with E-state index in [0.717, 1.165) is 28.1 Å². The molecule has 0 saturated heterocycles. The van der Waals surface area contributed by atoms with Crippen LogP contribution in [0.3, 0.4) is 0 Å². The zero-order valence-corrected chi connectivity index (χ0v) is 22.3. The molecule has 0 radical (unpaired) electrons. The van der Waals surface area contributed by atoms with Gasteiger partial charge in [-0.3, -0.25) is 14.9 Å². The average Bonchev–Trinajstić information content (AvgIpc) is 3.27. The highest BCUT2D eigenvalue weighted by Crippen LogP contribution is 2.33. The van der Waals surface area contributed by atoms with Crippen molar-refractivity contribution in [3.63, 3.8) is 0 Å². The molecule has 1 aliphatic rings. The number of anilines is 1. The van der Waals surface area contributed by atoms with E-state index in [1.54, 1.807) is 23.7 Å². The molecule has 0 atom stereocenters. The number of halogens is 1. The Morgan fingerprint density at radius 1 is 1.16 bits per heavy atom. The second-order valence-electron chi connectivity index (χ2n) is 8.77. The number of hydrogen-bond donors (Lipinski definition) is 1. The molecule has 0 aliphatic carbocycles.